The number of ketones is 1. The maximum atomic E-state index is 11.7. The van der Waals surface area contributed by atoms with E-state index in [1.807, 2.05) is 50.3 Å². The van der Waals surface area contributed by atoms with Crippen molar-refractivity contribution in [2.75, 3.05) is 6.54 Å². The Labute approximate surface area is 107 Å². The Balaban J connectivity index is 2.60. The lowest BCUT2D eigenvalue weighted by molar-refractivity contribution is 0.0939. The van der Waals surface area contributed by atoms with Gasteiger partial charge in [0, 0.05) is 22.9 Å². The fourth-order valence-electron chi connectivity index (χ4n) is 1.49. The first-order valence-electron chi connectivity index (χ1n) is 5.97. The van der Waals surface area contributed by atoms with Gasteiger partial charge >= 0.3 is 0 Å². The third-order valence-corrected chi connectivity index (χ3v) is 2.49. The van der Waals surface area contributed by atoms with Crippen molar-refractivity contribution in [2.24, 2.45) is 11.0 Å². The van der Waals surface area contributed by atoms with E-state index in [1.54, 1.807) is 0 Å². The van der Waals surface area contributed by atoms with Crippen LogP contribution < -0.4 is 0 Å². The quantitative estimate of drug-likeness (QED) is 0.242. The van der Waals surface area contributed by atoms with Gasteiger partial charge < -0.3 is 0 Å². The minimum Gasteiger partial charge on any atom is -0.294 e. The Hall–Kier alpha value is -2.06. The van der Waals surface area contributed by atoms with Crippen molar-refractivity contribution in [3.63, 3.8) is 0 Å². The van der Waals surface area contributed by atoms with Crippen LogP contribution in [0.15, 0.2) is 35.5 Å². The molecule has 0 fully saturated rings. The minimum absolute atomic E-state index is 0.0234. The van der Waals surface area contributed by atoms with Gasteiger partial charge in [-0.25, -0.2) is 0 Å². The van der Waals surface area contributed by atoms with Gasteiger partial charge in [0.15, 0.2) is 5.78 Å². The summed E-state index contributed by atoms with van der Waals surface area (Å²) in [6.45, 7) is 4.26. The van der Waals surface area contributed by atoms with Gasteiger partial charge in [-0.3, -0.25) is 4.79 Å². The van der Waals surface area contributed by atoms with Crippen molar-refractivity contribution in [1.29, 1.82) is 0 Å². The Morgan fingerprint density at radius 2 is 2.06 bits per heavy atom. The Morgan fingerprint density at radius 3 is 2.61 bits per heavy atom. The molecular formula is C14H17N3O. The zero-order valence-corrected chi connectivity index (χ0v) is 10.7. The highest BCUT2D eigenvalue weighted by molar-refractivity contribution is 5.97. The largest absolute Gasteiger partial charge is 0.294 e. The van der Waals surface area contributed by atoms with E-state index in [2.05, 4.69) is 10.0 Å². The second kappa shape index (κ2) is 7.30. The van der Waals surface area contributed by atoms with Crippen LogP contribution >= 0.6 is 0 Å². The molecule has 1 aromatic carbocycles. The van der Waals surface area contributed by atoms with Crippen LogP contribution in [-0.2, 0) is 0 Å². The van der Waals surface area contributed by atoms with Crippen LogP contribution in [0.5, 0.6) is 0 Å². The molecule has 0 spiro atoms. The molecule has 0 unspecified atom stereocenters. The molecule has 0 saturated carbocycles. The van der Waals surface area contributed by atoms with Crippen LogP contribution in [-0.4, -0.2) is 12.3 Å². The fourth-order valence-corrected chi connectivity index (χ4v) is 1.49. The third kappa shape index (κ3) is 4.44. The molecule has 18 heavy (non-hydrogen) atoms. The Kier molecular flexibility index (Phi) is 5.68. The van der Waals surface area contributed by atoms with Crippen molar-refractivity contribution >= 4 is 11.9 Å². The van der Waals surface area contributed by atoms with Crippen molar-refractivity contribution in [1.82, 2.24) is 0 Å². The molecule has 0 N–H and O–H groups in total. The van der Waals surface area contributed by atoms with Crippen LogP contribution in [0.3, 0.4) is 0 Å². The smallest absolute Gasteiger partial charge is 0.165 e. The summed E-state index contributed by atoms with van der Waals surface area (Å²) >= 11 is 0. The average Bonchev–Trinajstić information content (AvgIpc) is 2.38. The van der Waals surface area contributed by atoms with Crippen LogP contribution in [0.4, 0.5) is 0 Å². The first-order chi connectivity index (χ1) is 8.65. The predicted octanol–water partition coefficient (Wildman–Crippen LogP) is 4.24. The summed E-state index contributed by atoms with van der Waals surface area (Å²) in [4.78, 5) is 14.4. The van der Waals surface area contributed by atoms with E-state index < -0.39 is 0 Å². The van der Waals surface area contributed by atoms with Crippen molar-refractivity contribution in [2.45, 2.75) is 20.3 Å². The van der Waals surface area contributed by atoms with Crippen LogP contribution in [0, 0.1) is 5.92 Å². The molecule has 0 aliphatic rings. The highest BCUT2D eigenvalue weighted by Crippen LogP contribution is 2.11. The van der Waals surface area contributed by atoms with E-state index in [0.29, 0.717) is 6.54 Å². The van der Waals surface area contributed by atoms with Crippen molar-refractivity contribution < 1.29 is 4.79 Å². The molecule has 4 nitrogen and oxygen atoms in total. The molecule has 0 aliphatic carbocycles. The maximum Gasteiger partial charge on any atom is 0.165 e. The molecule has 0 amide bonds. The van der Waals surface area contributed by atoms with E-state index in [1.165, 1.54) is 0 Å². The summed E-state index contributed by atoms with van der Waals surface area (Å²) in [5, 5.41) is 3.44. The summed E-state index contributed by atoms with van der Waals surface area (Å²) in [6.07, 6.45) is 4.63. The summed E-state index contributed by atoms with van der Waals surface area (Å²) in [5.41, 5.74) is 9.90. The Morgan fingerprint density at radius 1 is 1.39 bits per heavy atom. The van der Waals surface area contributed by atoms with E-state index >= 15 is 0 Å². The number of Topliss-reactive ketones (excluding diaryl/α,β-unsaturated/α-hetero) is 1. The number of hydrogen-bond donors (Lipinski definition) is 0. The van der Waals surface area contributed by atoms with Gasteiger partial charge in [-0.1, -0.05) is 55.4 Å². The van der Waals surface area contributed by atoms with Crippen molar-refractivity contribution in [3.8, 4) is 0 Å². The van der Waals surface area contributed by atoms with Crippen LogP contribution in [0.25, 0.3) is 16.5 Å². The molecule has 0 heterocycles. The van der Waals surface area contributed by atoms with Gasteiger partial charge in [-0.15, -0.1) is 0 Å². The van der Waals surface area contributed by atoms with Crippen LogP contribution in [0.1, 0.15) is 36.2 Å². The molecule has 4 heteroatoms. The number of rotatable bonds is 6. The van der Waals surface area contributed by atoms with E-state index in [9.17, 15) is 4.79 Å². The topological polar surface area (TPSA) is 65.8 Å². The van der Waals surface area contributed by atoms with Gasteiger partial charge in [0.1, 0.15) is 0 Å². The molecule has 1 aromatic rings. The molecule has 0 aliphatic heterocycles. The van der Waals surface area contributed by atoms with Gasteiger partial charge in [-0.2, -0.15) is 0 Å². The zero-order chi connectivity index (χ0) is 13.4. The number of azide groups is 1. The lowest BCUT2D eigenvalue weighted by Crippen LogP contribution is -2.06. The van der Waals surface area contributed by atoms with E-state index in [-0.39, 0.29) is 11.7 Å². The highest BCUT2D eigenvalue weighted by Gasteiger charge is 2.09. The summed E-state index contributed by atoms with van der Waals surface area (Å²) in [6, 6.07) is 7.52. The Bertz CT molecular complexity index is 468. The molecule has 0 radical (unpaired) electrons. The first-order valence-corrected chi connectivity index (χ1v) is 5.97. The predicted molar refractivity (Wildman–Crippen MR) is 73.3 cm³/mol. The lowest BCUT2D eigenvalue weighted by Gasteiger charge is -2.03. The molecular weight excluding hydrogens is 226 g/mol. The maximum absolute atomic E-state index is 11.7. The van der Waals surface area contributed by atoms with E-state index in [0.717, 1.165) is 17.5 Å². The highest BCUT2D eigenvalue weighted by atomic mass is 16.1. The summed E-state index contributed by atoms with van der Waals surface area (Å²) in [7, 11) is 0. The van der Waals surface area contributed by atoms with Gasteiger partial charge in [0.05, 0.1) is 0 Å². The lowest BCUT2D eigenvalue weighted by atomic mass is 10.00. The molecule has 0 bridgehead atoms. The third-order valence-electron chi connectivity index (χ3n) is 2.49. The molecule has 94 valence electrons. The van der Waals surface area contributed by atoms with Crippen molar-refractivity contribution in [3.05, 3.63) is 51.9 Å². The first kappa shape index (κ1) is 14.0. The second-order valence-corrected chi connectivity index (χ2v) is 4.29. The van der Waals surface area contributed by atoms with E-state index in [4.69, 9.17) is 5.53 Å². The average molecular weight is 243 g/mol. The minimum atomic E-state index is 0.0234. The monoisotopic (exact) mass is 243 g/mol. The number of nitrogens with zero attached hydrogens (tertiary/aromatic N) is 3. The number of carbonyl (C=O) groups excluding carboxylic acids is 1. The molecule has 0 atom stereocenters. The fraction of sp³-hybridized carbons (Fsp3) is 0.357. The summed E-state index contributed by atoms with van der Waals surface area (Å²) in [5.74, 6) is 0.184. The van der Waals surface area contributed by atoms with Gasteiger partial charge in [-0.05, 0) is 17.5 Å². The summed E-state index contributed by atoms with van der Waals surface area (Å²) < 4.78 is 0. The number of hydrogen-bond acceptors (Lipinski definition) is 2. The SMILES string of the molecule is CC(C)C(=O)c1ccc(C=CCCN=[N+]=[N-])cc1. The molecule has 0 aromatic heterocycles. The molecule has 1 rings (SSSR count). The second-order valence-electron chi connectivity index (χ2n) is 4.29. The van der Waals surface area contributed by atoms with Gasteiger partial charge in [0.25, 0.3) is 0 Å². The molecule has 0 saturated heterocycles. The number of carbonyl (C=O) groups is 1. The zero-order valence-electron chi connectivity index (χ0n) is 10.7. The normalized spacial score (nSPS) is 10.6. The van der Waals surface area contributed by atoms with Crippen LogP contribution in [0.2, 0.25) is 0 Å². The van der Waals surface area contributed by atoms with Gasteiger partial charge in [0.2, 0.25) is 0 Å². The number of benzene rings is 1. The standard InChI is InChI=1S/C14H17N3O/c1-11(2)14(18)13-8-6-12(7-9-13)5-3-4-10-16-17-15/h3,5-9,11H,4,10H2,1-2H3.